The third-order valence-corrected chi connectivity index (χ3v) is 25.7. The molecule has 1 nitrogen and oxygen atoms in total. The Morgan fingerprint density at radius 3 is 1.65 bits per heavy atom. The molecule has 0 aromatic heterocycles. The Kier molecular flexibility index (Phi) is 12.1. The summed E-state index contributed by atoms with van der Waals surface area (Å²) in [6.45, 7) is 18.9. The Hall–Kier alpha value is 0.499. The summed E-state index contributed by atoms with van der Waals surface area (Å²) < 4.78 is 7.54. The first-order valence-electron chi connectivity index (χ1n) is 12.0. The fraction of sp³-hybridized carbons (Fsp3) is 0.917. The van der Waals surface area contributed by atoms with Crippen LogP contribution < -0.4 is 0 Å². The maximum absolute atomic E-state index is 2.59. The number of hydrogen-bond donors (Lipinski definition) is 0. The van der Waals surface area contributed by atoms with Gasteiger partial charge in [-0.05, 0) is 0 Å². The van der Waals surface area contributed by atoms with Gasteiger partial charge in [0.15, 0.2) is 0 Å². The number of unbranched alkanes of at least 4 members (excludes halogenated alkanes) is 3. The van der Waals surface area contributed by atoms with Gasteiger partial charge in [0.2, 0.25) is 0 Å². The molecule has 0 N–H and O–H groups in total. The summed E-state index contributed by atoms with van der Waals surface area (Å²) >= 11 is -2.25. The van der Waals surface area contributed by atoms with Crippen LogP contribution in [0.15, 0.2) is 12.2 Å². The molecule has 1 rings (SSSR count). The molecule has 1 aliphatic heterocycles. The summed E-state index contributed by atoms with van der Waals surface area (Å²) in [6, 6.07) is 0. The van der Waals surface area contributed by atoms with Crippen molar-refractivity contribution in [3.63, 3.8) is 0 Å². The van der Waals surface area contributed by atoms with E-state index in [0.29, 0.717) is 0 Å². The van der Waals surface area contributed by atoms with Crippen molar-refractivity contribution >= 4 is 18.4 Å². The molecule has 0 aliphatic carbocycles. The summed E-state index contributed by atoms with van der Waals surface area (Å²) in [5.74, 6) is 0.875. The Bertz CT molecular complexity index is 360. The zero-order chi connectivity index (χ0) is 19.5. The molecule has 1 heterocycles. The first-order valence-corrected chi connectivity index (χ1v) is 19.7. The van der Waals surface area contributed by atoms with Crippen LogP contribution in [0.5, 0.6) is 0 Å². The van der Waals surface area contributed by atoms with E-state index in [4.69, 9.17) is 0 Å². The molecule has 1 atom stereocenters. The summed E-state index contributed by atoms with van der Waals surface area (Å²) in [5, 5.41) is 0. The predicted octanol–water partition coefficient (Wildman–Crippen LogP) is 7.59. The molecule has 0 amide bonds. The number of rotatable bonds is 14. The minimum absolute atomic E-state index is 0.875. The molecular formula is C24H50NSn+. The number of nitrogens with zero attached hydrogens (tertiary/aromatic N) is 1. The topological polar surface area (TPSA) is 0 Å². The van der Waals surface area contributed by atoms with Crippen molar-refractivity contribution in [3.05, 3.63) is 12.2 Å². The molecule has 0 bridgehead atoms. The average molecular weight is 471 g/mol. The summed E-state index contributed by atoms with van der Waals surface area (Å²) in [5.41, 5.74) is 0. The molecule has 2 heteroatoms. The van der Waals surface area contributed by atoms with E-state index < -0.39 is 18.4 Å². The van der Waals surface area contributed by atoms with Gasteiger partial charge >= 0.3 is 171 Å². The summed E-state index contributed by atoms with van der Waals surface area (Å²) in [6.07, 6.45) is 16.5. The van der Waals surface area contributed by atoms with E-state index >= 15 is 0 Å². The molecule has 0 aromatic carbocycles. The quantitative estimate of drug-likeness (QED) is 0.139. The Morgan fingerprint density at radius 2 is 1.31 bits per heavy atom. The van der Waals surface area contributed by atoms with Crippen LogP contribution in [0.4, 0.5) is 0 Å². The van der Waals surface area contributed by atoms with Gasteiger partial charge in [-0.1, -0.05) is 0 Å². The first kappa shape index (κ1) is 24.5. The van der Waals surface area contributed by atoms with Gasteiger partial charge < -0.3 is 0 Å². The predicted molar refractivity (Wildman–Crippen MR) is 122 cm³/mol. The van der Waals surface area contributed by atoms with Crippen LogP contribution in [0, 0.1) is 5.92 Å². The third kappa shape index (κ3) is 6.53. The molecule has 1 aliphatic rings. The van der Waals surface area contributed by atoms with Crippen LogP contribution in [-0.4, -0.2) is 46.6 Å². The van der Waals surface area contributed by atoms with Crippen LogP contribution in [0.25, 0.3) is 0 Å². The monoisotopic (exact) mass is 472 g/mol. The second-order valence-corrected chi connectivity index (χ2v) is 23.2. The number of quaternary nitrogens is 1. The second kappa shape index (κ2) is 12.9. The van der Waals surface area contributed by atoms with Gasteiger partial charge in [-0.25, -0.2) is 0 Å². The van der Waals surface area contributed by atoms with E-state index in [0.717, 1.165) is 9.98 Å². The van der Waals surface area contributed by atoms with Gasteiger partial charge in [0.05, 0.1) is 0 Å². The Balaban J connectivity index is 3.33. The zero-order valence-electron chi connectivity index (χ0n) is 19.2. The van der Waals surface area contributed by atoms with Crippen molar-refractivity contribution in [1.29, 1.82) is 0 Å². The van der Waals surface area contributed by atoms with Crippen molar-refractivity contribution in [2.75, 3.05) is 19.6 Å². The van der Waals surface area contributed by atoms with Crippen molar-refractivity contribution in [1.82, 2.24) is 0 Å². The third-order valence-electron chi connectivity index (χ3n) is 7.10. The molecule has 1 saturated heterocycles. The SMILES string of the molecule is C/C=C/C[N+]1([CH](C(C)C)[Sn]([CH2]CCC)([CH2]CCC)[CH2]CCC)CCCC1. The van der Waals surface area contributed by atoms with Crippen LogP contribution in [0.2, 0.25) is 13.3 Å². The average Bonchev–Trinajstić information content (AvgIpc) is 3.10. The van der Waals surface area contributed by atoms with Crippen LogP contribution in [0.3, 0.4) is 0 Å². The summed E-state index contributed by atoms with van der Waals surface area (Å²) in [7, 11) is 0. The molecule has 0 saturated carbocycles. The van der Waals surface area contributed by atoms with Crippen LogP contribution >= 0.6 is 0 Å². The molecular weight excluding hydrogens is 421 g/mol. The second-order valence-electron chi connectivity index (χ2n) is 9.49. The normalized spacial score (nSPS) is 18.9. The number of hydrogen-bond acceptors (Lipinski definition) is 0. The zero-order valence-corrected chi connectivity index (χ0v) is 22.0. The number of allylic oxidation sites excluding steroid dienone is 1. The van der Waals surface area contributed by atoms with E-state index in [-0.39, 0.29) is 0 Å². The van der Waals surface area contributed by atoms with Crippen molar-refractivity contribution < 1.29 is 4.48 Å². The molecule has 0 radical (unpaired) electrons. The van der Waals surface area contributed by atoms with Crippen molar-refractivity contribution in [2.24, 2.45) is 5.92 Å². The molecule has 1 unspecified atom stereocenters. The first-order chi connectivity index (χ1) is 12.5. The van der Waals surface area contributed by atoms with E-state index in [1.54, 1.807) is 13.3 Å². The molecule has 0 spiro atoms. The number of likely N-dealkylation sites (tertiary alicyclic amines) is 1. The van der Waals surface area contributed by atoms with Gasteiger partial charge in [-0.3, -0.25) is 0 Å². The van der Waals surface area contributed by atoms with E-state index in [1.807, 2.05) is 0 Å². The summed E-state index contributed by atoms with van der Waals surface area (Å²) in [4.78, 5) is 0. The molecule has 0 aromatic rings. The minimum atomic E-state index is -2.25. The van der Waals surface area contributed by atoms with E-state index in [1.165, 1.54) is 75.5 Å². The van der Waals surface area contributed by atoms with Gasteiger partial charge in [0, 0.05) is 0 Å². The van der Waals surface area contributed by atoms with Gasteiger partial charge in [0.25, 0.3) is 0 Å². The Morgan fingerprint density at radius 1 is 0.846 bits per heavy atom. The van der Waals surface area contributed by atoms with Gasteiger partial charge in [-0.15, -0.1) is 0 Å². The van der Waals surface area contributed by atoms with E-state index in [2.05, 4.69) is 53.7 Å². The van der Waals surface area contributed by atoms with Crippen molar-refractivity contribution in [2.45, 2.75) is 110 Å². The fourth-order valence-corrected chi connectivity index (χ4v) is 28.3. The van der Waals surface area contributed by atoms with Crippen molar-refractivity contribution in [3.8, 4) is 0 Å². The van der Waals surface area contributed by atoms with Gasteiger partial charge in [-0.2, -0.15) is 0 Å². The fourth-order valence-electron chi connectivity index (χ4n) is 6.18. The Labute approximate surface area is 170 Å². The van der Waals surface area contributed by atoms with Gasteiger partial charge in [0.1, 0.15) is 0 Å². The van der Waals surface area contributed by atoms with Crippen LogP contribution in [-0.2, 0) is 0 Å². The van der Waals surface area contributed by atoms with Crippen LogP contribution in [0.1, 0.15) is 92.9 Å². The molecule has 26 heavy (non-hydrogen) atoms. The molecule has 1 fully saturated rings. The maximum atomic E-state index is 2.59. The molecule has 154 valence electrons. The standard InChI is InChI=1S/C12H23N.3C4H9.Sn/c1-4-5-8-13(11-12(2)3)9-6-7-10-13;3*1-3-4-2;/h4-5,11-12H,6-10H2,1-3H3;3*1,3-4H2,2H3;/q+1;;;;/b5-4+;;;;. The van der Waals surface area contributed by atoms with E-state index in [9.17, 15) is 0 Å².